The van der Waals surface area contributed by atoms with E-state index >= 15 is 0 Å². The number of nitrogens with zero attached hydrogens (tertiary/aromatic N) is 3. The Morgan fingerprint density at radius 3 is 2.83 bits per heavy atom. The molecule has 4 aromatic rings. The van der Waals surface area contributed by atoms with Crippen molar-refractivity contribution in [1.82, 2.24) is 14.6 Å². The maximum atomic E-state index is 11.7. The van der Waals surface area contributed by atoms with E-state index in [1.807, 2.05) is 30.3 Å². The number of methoxy groups -OCH3 is 1. The van der Waals surface area contributed by atoms with E-state index in [1.54, 1.807) is 10.7 Å². The van der Waals surface area contributed by atoms with Crippen LogP contribution in [-0.2, 0) is 4.74 Å². The smallest absolute Gasteiger partial charge is 0.413 e. The Morgan fingerprint density at radius 2 is 2.00 bits per heavy atom. The van der Waals surface area contributed by atoms with E-state index in [1.165, 1.54) is 25.3 Å². The number of hydrogen-bond acceptors (Lipinski definition) is 7. The van der Waals surface area contributed by atoms with E-state index in [0.717, 1.165) is 22.3 Å². The summed E-state index contributed by atoms with van der Waals surface area (Å²) >= 11 is 0. The molecule has 150 valence electrons. The van der Waals surface area contributed by atoms with Gasteiger partial charge in [0.15, 0.2) is 0 Å². The van der Waals surface area contributed by atoms with E-state index in [-0.39, 0.29) is 17.4 Å². The molecular weight excluding hydrogens is 386 g/mol. The molecule has 0 fully saturated rings. The molecule has 2 aromatic heterocycles. The van der Waals surface area contributed by atoms with Gasteiger partial charge in [0.25, 0.3) is 5.95 Å². The van der Waals surface area contributed by atoms with E-state index in [0.29, 0.717) is 11.3 Å². The first-order valence-electron chi connectivity index (χ1n) is 9.17. The van der Waals surface area contributed by atoms with Gasteiger partial charge in [0.2, 0.25) is 0 Å². The first kappa shape index (κ1) is 17.8. The number of carbonyl (C=O) groups excluding carboxylic acids is 1. The molecule has 1 amide bonds. The van der Waals surface area contributed by atoms with Crippen molar-refractivity contribution in [3.8, 4) is 22.8 Å². The zero-order valence-electron chi connectivity index (χ0n) is 15.8. The third kappa shape index (κ3) is 2.75. The topological polar surface area (TPSA) is 121 Å². The molecule has 30 heavy (non-hydrogen) atoms. The molecule has 1 aliphatic heterocycles. The zero-order valence-corrected chi connectivity index (χ0v) is 15.8. The highest BCUT2D eigenvalue weighted by Gasteiger charge is 2.29. The molecule has 0 spiro atoms. The van der Waals surface area contributed by atoms with Gasteiger partial charge in [-0.15, -0.1) is 5.10 Å². The van der Waals surface area contributed by atoms with Crippen LogP contribution in [-0.4, -0.2) is 38.0 Å². The Balaban J connectivity index is 1.79. The number of anilines is 2. The van der Waals surface area contributed by atoms with Crippen molar-refractivity contribution in [2.24, 2.45) is 0 Å². The first-order valence-corrected chi connectivity index (χ1v) is 9.17. The molecule has 0 saturated carbocycles. The van der Waals surface area contributed by atoms with Gasteiger partial charge in [-0.2, -0.15) is 0 Å². The standard InChI is InChI=1S/C21H17N5O4/c1-30-21(29)24-20-23-18-12-4-2-3-5-15(12)22-17(13-8-9-26(25-20)19(13)18)14-10-11(27)6-7-16(14)28/h2-10,17,22,27-28H,1H3,(H,24,25,29). The van der Waals surface area contributed by atoms with Gasteiger partial charge in [-0.25, -0.2) is 14.3 Å². The molecule has 0 saturated heterocycles. The Bertz CT molecular complexity index is 1300. The van der Waals surface area contributed by atoms with Crippen LogP contribution in [0.2, 0.25) is 0 Å². The predicted molar refractivity (Wildman–Crippen MR) is 110 cm³/mol. The van der Waals surface area contributed by atoms with Crippen LogP contribution in [0.5, 0.6) is 11.5 Å². The fourth-order valence-corrected chi connectivity index (χ4v) is 3.73. The molecule has 1 unspecified atom stereocenters. The Morgan fingerprint density at radius 1 is 1.17 bits per heavy atom. The SMILES string of the molecule is COC(=O)Nc1nc2c3c(ccn3n1)C(c1cc(O)ccc1O)Nc1ccccc1-2. The van der Waals surface area contributed by atoms with Gasteiger partial charge in [-0.05, 0) is 30.3 Å². The number of phenolic OH excluding ortho intramolecular Hbond substituents is 2. The summed E-state index contributed by atoms with van der Waals surface area (Å²) < 4.78 is 6.27. The molecule has 9 heteroatoms. The summed E-state index contributed by atoms with van der Waals surface area (Å²) in [6.07, 6.45) is 1.08. The number of amides is 1. The van der Waals surface area contributed by atoms with Gasteiger partial charge in [-0.3, -0.25) is 5.32 Å². The fraction of sp³-hybridized carbons (Fsp3) is 0.0952. The van der Waals surface area contributed by atoms with Gasteiger partial charge in [0.1, 0.15) is 17.2 Å². The lowest BCUT2D eigenvalue weighted by Crippen LogP contribution is -2.15. The Labute approximate surface area is 170 Å². The average molecular weight is 403 g/mol. The maximum Gasteiger partial charge on any atom is 0.413 e. The number of rotatable bonds is 2. The van der Waals surface area contributed by atoms with Crippen molar-refractivity contribution in [1.29, 1.82) is 0 Å². The minimum atomic E-state index is -0.670. The second-order valence-corrected chi connectivity index (χ2v) is 6.83. The lowest BCUT2D eigenvalue weighted by Gasteiger charge is -2.20. The van der Waals surface area contributed by atoms with Crippen LogP contribution in [0, 0.1) is 0 Å². The number of carbonyl (C=O) groups is 1. The Kier molecular flexibility index (Phi) is 3.95. The molecular formula is C21H17N5O4. The van der Waals surface area contributed by atoms with E-state index < -0.39 is 12.1 Å². The number of fused-ring (bicyclic) bond motifs is 2. The molecule has 9 nitrogen and oxygen atoms in total. The Hall–Kier alpha value is -4.27. The van der Waals surface area contributed by atoms with Gasteiger partial charge in [0, 0.05) is 28.6 Å². The fourth-order valence-electron chi connectivity index (χ4n) is 3.73. The summed E-state index contributed by atoms with van der Waals surface area (Å²) in [5.41, 5.74) is 4.25. The number of benzene rings is 2. The molecule has 0 bridgehead atoms. The number of aromatic nitrogens is 3. The number of hydrogen-bond donors (Lipinski definition) is 4. The monoisotopic (exact) mass is 403 g/mol. The van der Waals surface area contributed by atoms with E-state index in [4.69, 9.17) is 0 Å². The van der Waals surface area contributed by atoms with Gasteiger partial charge in [-0.1, -0.05) is 18.2 Å². The summed E-state index contributed by atoms with van der Waals surface area (Å²) in [5, 5.41) is 30.8. The van der Waals surface area contributed by atoms with Crippen LogP contribution in [0.4, 0.5) is 16.4 Å². The van der Waals surface area contributed by atoms with Crippen molar-refractivity contribution in [2.75, 3.05) is 17.7 Å². The largest absolute Gasteiger partial charge is 0.508 e. The summed E-state index contributed by atoms with van der Waals surface area (Å²) in [4.78, 5) is 16.2. The summed E-state index contributed by atoms with van der Waals surface area (Å²) in [6.45, 7) is 0. The number of para-hydroxylation sites is 1. The predicted octanol–water partition coefficient (Wildman–Crippen LogP) is 3.50. The van der Waals surface area contributed by atoms with E-state index in [2.05, 4.69) is 25.5 Å². The van der Waals surface area contributed by atoms with Crippen LogP contribution in [0.1, 0.15) is 17.2 Å². The third-order valence-corrected chi connectivity index (χ3v) is 5.06. The average Bonchev–Trinajstić information content (AvgIpc) is 3.11. The van der Waals surface area contributed by atoms with Crippen molar-refractivity contribution >= 4 is 23.2 Å². The lowest BCUT2D eigenvalue weighted by atomic mass is 9.98. The lowest BCUT2D eigenvalue weighted by molar-refractivity contribution is 0.186. The van der Waals surface area contributed by atoms with Crippen LogP contribution < -0.4 is 10.6 Å². The van der Waals surface area contributed by atoms with Crippen LogP contribution in [0.25, 0.3) is 16.8 Å². The highest BCUT2D eigenvalue weighted by molar-refractivity contribution is 5.91. The van der Waals surface area contributed by atoms with Crippen molar-refractivity contribution < 1.29 is 19.7 Å². The number of nitrogens with one attached hydrogen (secondary N) is 2. The molecule has 5 rings (SSSR count). The van der Waals surface area contributed by atoms with Crippen LogP contribution in [0.3, 0.4) is 0 Å². The molecule has 4 N–H and O–H groups in total. The summed E-state index contributed by atoms with van der Waals surface area (Å²) in [5.74, 6) is 0.196. The quantitative estimate of drug-likeness (QED) is 0.378. The number of ether oxygens (including phenoxy) is 1. The molecule has 1 atom stereocenters. The molecule has 1 aliphatic rings. The molecule has 0 aliphatic carbocycles. The van der Waals surface area contributed by atoms with Gasteiger partial charge >= 0.3 is 6.09 Å². The van der Waals surface area contributed by atoms with Gasteiger partial charge < -0.3 is 20.3 Å². The van der Waals surface area contributed by atoms with Crippen LogP contribution in [0.15, 0.2) is 54.7 Å². The van der Waals surface area contributed by atoms with Crippen molar-refractivity contribution in [3.63, 3.8) is 0 Å². The third-order valence-electron chi connectivity index (χ3n) is 5.06. The second kappa shape index (κ2) is 6.66. The highest BCUT2D eigenvalue weighted by Crippen LogP contribution is 2.43. The maximum absolute atomic E-state index is 11.7. The minimum absolute atomic E-state index is 0.0479. The zero-order chi connectivity index (χ0) is 20.8. The highest BCUT2D eigenvalue weighted by atomic mass is 16.5. The summed E-state index contributed by atoms with van der Waals surface area (Å²) in [6, 6.07) is 13.4. The second-order valence-electron chi connectivity index (χ2n) is 6.83. The van der Waals surface area contributed by atoms with E-state index in [9.17, 15) is 15.0 Å². The number of phenols is 2. The van der Waals surface area contributed by atoms with Gasteiger partial charge in [0.05, 0.1) is 18.7 Å². The molecule has 3 heterocycles. The minimum Gasteiger partial charge on any atom is -0.508 e. The van der Waals surface area contributed by atoms with Crippen molar-refractivity contribution in [3.05, 3.63) is 65.9 Å². The first-order chi connectivity index (χ1) is 14.5. The van der Waals surface area contributed by atoms with Crippen LogP contribution >= 0.6 is 0 Å². The molecule has 2 aromatic carbocycles. The van der Waals surface area contributed by atoms with Crippen molar-refractivity contribution in [2.45, 2.75) is 6.04 Å². The summed E-state index contributed by atoms with van der Waals surface area (Å²) in [7, 11) is 1.27. The number of aromatic hydroxyl groups is 2. The normalized spacial score (nSPS) is 14.5. The molecule has 0 radical (unpaired) electrons.